The molecule has 1 atom stereocenters. The highest BCUT2D eigenvalue weighted by Gasteiger charge is 2.19. The van der Waals surface area contributed by atoms with Gasteiger partial charge in [0.25, 0.3) is 0 Å². The van der Waals surface area contributed by atoms with Gasteiger partial charge in [0.2, 0.25) is 5.89 Å². The van der Waals surface area contributed by atoms with Gasteiger partial charge in [-0.05, 0) is 24.6 Å². The second-order valence-electron chi connectivity index (χ2n) is 5.91. The first-order chi connectivity index (χ1) is 9.36. The van der Waals surface area contributed by atoms with Crippen LogP contribution in [0.2, 0.25) is 0 Å². The maximum absolute atomic E-state index is 9.54. The van der Waals surface area contributed by atoms with E-state index in [0.29, 0.717) is 11.6 Å². The molecule has 0 aliphatic rings. The lowest BCUT2D eigenvalue weighted by atomic mass is 9.94. The molecule has 0 aliphatic carbocycles. The number of hydrogen-bond acceptors (Lipinski definition) is 4. The van der Waals surface area contributed by atoms with Crippen LogP contribution in [0.1, 0.15) is 51.0 Å². The van der Waals surface area contributed by atoms with Crippen molar-refractivity contribution in [1.29, 1.82) is 0 Å². The van der Waals surface area contributed by atoms with Crippen LogP contribution in [0, 0.1) is 0 Å². The van der Waals surface area contributed by atoms with Gasteiger partial charge in [-0.2, -0.15) is 0 Å². The first-order valence-electron chi connectivity index (χ1n) is 6.72. The molecule has 2 rings (SSSR count). The molecule has 0 aliphatic heterocycles. The standard InChI is InChI=1S/C16H21NO3/c1-11(18)12-6-5-7-13(8-12)19-10-15-17-9-14(20-15)16(2,3)4/h5-9,11,18H,10H2,1-4H3. The highest BCUT2D eigenvalue weighted by Crippen LogP contribution is 2.24. The Morgan fingerprint density at radius 3 is 2.70 bits per heavy atom. The molecule has 1 aromatic heterocycles. The van der Waals surface area contributed by atoms with E-state index in [4.69, 9.17) is 9.15 Å². The molecular formula is C16H21NO3. The van der Waals surface area contributed by atoms with E-state index in [0.717, 1.165) is 11.3 Å². The van der Waals surface area contributed by atoms with Gasteiger partial charge in [-0.3, -0.25) is 0 Å². The molecule has 4 nitrogen and oxygen atoms in total. The molecule has 0 saturated carbocycles. The van der Waals surface area contributed by atoms with Crippen molar-refractivity contribution in [1.82, 2.24) is 4.98 Å². The summed E-state index contributed by atoms with van der Waals surface area (Å²) in [6.07, 6.45) is 1.23. The molecule has 4 heteroatoms. The molecule has 0 bridgehead atoms. The van der Waals surface area contributed by atoms with E-state index in [1.54, 1.807) is 13.1 Å². The van der Waals surface area contributed by atoms with Crippen LogP contribution in [0.4, 0.5) is 0 Å². The van der Waals surface area contributed by atoms with Crippen LogP contribution in [-0.4, -0.2) is 10.1 Å². The van der Waals surface area contributed by atoms with Gasteiger partial charge in [-0.25, -0.2) is 4.98 Å². The summed E-state index contributed by atoms with van der Waals surface area (Å²) in [7, 11) is 0. The largest absolute Gasteiger partial charge is 0.484 e. The lowest BCUT2D eigenvalue weighted by Gasteiger charge is -2.13. The second kappa shape index (κ2) is 5.67. The summed E-state index contributed by atoms with van der Waals surface area (Å²) in [6, 6.07) is 7.38. The van der Waals surface area contributed by atoms with E-state index in [1.165, 1.54) is 0 Å². The molecule has 0 amide bonds. The average Bonchev–Trinajstić information content (AvgIpc) is 2.85. The Labute approximate surface area is 119 Å². The topological polar surface area (TPSA) is 55.5 Å². The van der Waals surface area contributed by atoms with Gasteiger partial charge >= 0.3 is 0 Å². The molecule has 0 saturated heterocycles. The van der Waals surface area contributed by atoms with Crippen LogP contribution < -0.4 is 4.74 Å². The SMILES string of the molecule is CC(O)c1cccc(OCc2ncc(C(C)(C)C)o2)c1. The van der Waals surface area contributed by atoms with Crippen molar-refractivity contribution in [3.8, 4) is 5.75 Å². The minimum Gasteiger partial charge on any atom is -0.484 e. The van der Waals surface area contributed by atoms with Crippen LogP contribution in [0.15, 0.2) is 34.9 Å². The molecule has 1 N–H and O–H groups in total. The predicted molar refractivity (Wildman–Crippen MR) is 76.6 cm³/mol. The van der Waals surface area contributed by atoms with Gasteiger partial charge < -0.3 is 14.3 Å². The predicted octanol–water partition coefficient (Wildman–Crippen LogP) is 3.60. The Morgan fingerprint density at radius 2 is 2.10 bits per heavy atom. The highest BCUT2D eigenvalue weighted by molar-refractivity contribution is 5.29. The summed E-state index contributed by atoms with van der Waals surface area (Å²) in [5.41, 5.74) is 0.766. The maximum Gasteiger partial charge on any atom is 0.232 e. The first-order valence-corrected chi connectivity index (χ1v) is 6.72. The molecule has 0 radical (unpaired) electrons. The van der Waals surface area contributed by atoms with Crippen LogP contribution in [-0.2, 0) is 12.0 Å². The average molecular weight is 275 g/mol. The van der Waals surface area contributed by atoms with Crippen LogP contribution in [0.3, 0.4) is 0 Å². The minimum atomic E-state index is -0.507. The van der Waals surface area contributed by atoms with E-state index in [9.17, 15) is 5.11 Å². The fourth-order valence-corrected chi connectivity index (χ4v) is 1.73. The fraction of sp³-hybridized carbons (Fsp3) is 0.438. The fourth-order valence-electron chi connectivity index (χ4n) is 1.73. The van der Waals surface area contributed by atoms with Gasteiger partial charge in [0.15, 0.2) is 6.61 Å². The number of nitrogens with zero attached hydrogens (tertiary/aromatic N) is 1. The number of oxazole rings is 1. The normalized spacial score (nSPS) is 13.2. The van der Waals surface area contributed by atoms with Gasteiger partial charge in [0.05, 0.1) is 12.3 Å². The van der Waals surface area contributed by atoms with Crippen LogP contribution in [0.5, 0.6) is 5.75 Å². The Balaban J connectivity index is 2.02. The molecule has 20 heavy (non-hydrogen) atoms. The number of rotatable bonds is 4. The number of benzene rings is 1. The molecule has 108 valence electrons. The summed E-state index contributed by atoms with van der Waals surface area (Å²) in [5, 5.41) is 9.54. The monoisotopic (exact) mass is 275 g/mol. The van der Waals surface area contributed by atoms with Crippen molar-refractivity contribution in [2.45, 2.75) is 45.8 Å². The Kier molecular flexibility index (Phi) is 4.14. The summed E-state index contributed by atoms with van der Waals surface area (Å²) in [4.78, 5) is 4.21. The Hall–Kier alpha value is -1.81. The number of hydrogen-bond donors (Lipinski definition) is 1. The first kappa shape index (κ1) is 14.6. The number of aliphatic hydroxyl groups is 1. The zero-order chi connectivity index (χ0) is 14.8. The zero-order valence-corrected chi connectivity index (χ0v) is 12.4. The lowest BCUT2D eigenvalue weighted by molar-refractivity contribution is 0.198. The Morgan fingerprint density at radius 1 is 1.35 bits per heavy atom. The Bertz CT molecular complexity index is 567. The van der Waals surface area contributed by atoms with Crippen LogP contribution >= 0.6 is 0 Å². The summed E-state index contributed by atoms with van der Waals surface area (Å²) in [6.45, 7) is 8.22. The van der Waals surface area contributed by atoms with E-state index >= 15 is 0 Å². The number of aliphatic hydroxyl groups excluding tert-OH is 1. The smallest absolute Gasteiger partial charge is 0.232 e. The second-order valence-corrected chi connectivity index (χ2v) is 5.91. The lowest BCUT2D eigenvalue weighted by Crippen LogP contribution is -2.09. The van der Waals surface area contributed by atoms with Gasteiger partial charge in [0.1, 0.15) is 11.5 Å². The number of ether oxygens (including phenoxy) is 1. The van der Waals surface area contributed by atoms with Gasteiger partial charge in [0, 0.05) is 5.41 Å². The molecular weight excluding hydrogens is 254 g/mol. The molecule has 1 aromatic carbocycles. The third kappa shape index (κ3) is 3.61. The zero-order valence-electron chi connectivity index (χ0n) is 12.4. The van der Waals surface area contributed by atoms with E-state index in [2.05, 4.69) is 25.8 Å². The summed E-state index contributed by atoms with van der Waals surface area (Å²) >= 11 is 0. The van der Waals surface area contributed by atoms with E-state index in [1.807, 2.05) is 24.3 Å². The summed E-state index contributed by atoms with van der Waals surface area (Å²) < 4.78 is 11.3. The van der Waals surface area contributed by atoms with Crippen molar-refractivity contribution < 1.29 is 14.3 Å². The van der Waals surface area contributed by atoms with E-state index < -0.39 is 6.10 Å². The molecule has 1 unspecified atom stereocenters. The molecule has 0 fully saturated rings. The minimum absolute atomic E-state index is 0.0580. The quantitative estimate of drug-likeness (QED) is 0.926. The molecule has 2 aromatic rings. The van der Waals surface area contributed by atoms with Gasteiger partial charge in [-0.1, -0.05) is 32.9 Å². The highest BCUT2D eigenvalue weighted by atomic mass is 16.5. The van der Waals surface area contributed by atoms with Crippen molar-refractivity contribution >= 4 is 0 Å². The molecule has 0 spiro atoms. The van der Waals surface area contributed by atoms with E-state index in [-0.39, 0.29) is 12.0 Å². The summed E-state index contributed by atoms with van der Waals surface area (Å²) in [5.74, 6) is 2.09. The van der Waals surface area contributed by atoms with Gasteiger partial charge in [-0.15, -0.1) is 0 Å². The van der Waals surface area contributed by atoms with Crippen LogP contribution in [0.25, 0.3) is 0 Å². The third-order valence-corrected chi connectivity index (χ3v) is 3.00. The van der Waals surface area contributed by atoms with Crippen molar-refractivity contribution in [2.75, 3.05) is 0 Å². The third-order valence-electron chi connectivity index (χ3n) is 3.00. The number of aromatic nitrogens is 1. The van der Waals surface area contributed by atoms with Crippen molar-refractivity contribution in [3.05, 3.63) is 47.7 Å². The van der Waals surface area contributed by atoms with Crippen molar-refractivity contribution in [3.63, 3.8) is 0 Å². The molecule has 1 heterocycles. The van der Waals surface area contributed by atoms with Crippen molar-refractivity contribution in [2.24, 2.45) is 0 Å². The maximum atomic E-state index is 9.54.